The molecule has 0 atom stereocenters. The normalized spacial score (nSPS) is 17.7. The number of nitrogens with zero attached hydrogens (tertiary/aromatic N) is 10. The molecule has 130 heavy (non-hydrogen) atoms. The van der Waals surface area contributed by atoms with E-state index in [0.717, 1.165) is 121 Å². The zero-order chi connectivity index (χ0) is 94.0. The van der Waals surface area contributed by atoms with E-state index in [1.54, 1.807) is 10.5 Å². The number of piperidine rings is 3. The number of hydrogen-bond donors (Lipinski definition) is 4. The molecule has 8 aromatic carbocycles. The number of amides is 3. The van der Waals surface area contributed by atoms with Crippen molar-refractivity contribution in [2.45, 2.75) is 229 Å². The second kappa shape index (κ2) is 53.0. The second-order valence-electron chi connectivity index (χ2n) is 39.8. The average Bonchev–Trinajstić information content (AvgIpc) is 1.62. The number of anilines is 7. The van der Waals surface area contributed by atoms with Crippen LogP contribution < -0.4 is 50.2 Å². The standard InChI is InChI=1S/C15H24N2O.2C15H23N.C14H19F2N.C14H22N2.2C13H18N2O.C13H20N2/c1-13(2)14-3-5-15(6-4-14)17-9-7-16(8-10-17)11-12-18;1-12(2)14-4-6-15(7-5-14)16-10-8-13(3)9-11-16;1-11(2)14-4-5-15(12(3)10-14)13-6-8-16-9-7-13;1-11(2)12-3-5-13(6-4-12)17-9-7-14(15,16)8-10-17;1-12(2)13-4-6-14(7-5-13)16-10-3-8-15-9-11-16;1-10(2)11-4-6-12(7-5-11)15-9-8-14(3)13(15)16;1-10(2)11-3-5-12(6-4-11)15-8-7-14-13(16)9-15;1-11(2)12-4-6-13(7-5-12)15-9-8-14(3)10-15/h3-6,13,18H,7-12H2,1-2H3;4-7,12-13H,8-11H2,1-3H3;4-5,10-11,13,16H,6-9H2,1-3H3;3-6,11H,7-10H2,1-2H3;4-7,12,15H,3,8-11H2,1-2H3;4-7,10H,8-9H2,1-3H3;3-6,10H,7-9H2,1-2H3,(H,14,16);4-7,11H,8-10H2,1-3H3. The monoisotopic (exact) mass is 1780 g/mol. The number of carbonyl (C=O) groups excluding carboxylic acids is 2. The molecule has 18 heteroatoms. The molecule has 0 radical (unpaired) electrons. The maximum absolute atomic E-state index is 13.0. The number of halogens is 2. The fraction of sp³-hybridized carbons (Fsp3) is 0.554. The fourth-order valence-electron chi connectivity index (χ4n) is 17.6. The van der Waals surface area contributed by atoms with Crippen molar-refractivity contribution in [1.29, 1.82) is 0 Å². The van der Waals surface area contributed by atoms with Crippen LogP contribution >= 0.6 is 0 Å². The summed E-state index contributed by atoms with van der Waals surface area (Å²) in [6.45, 7) is 62.7. The lowest BCUT2D eigenvalue weighted by Gasteiger charge is -2.35. The topological polar surface area (TPSA) is 123 Å². The Balaban J connectivity index is 0.000000167. The molecule has 4 N–H and O–H groups in total. The molecule has 0 bridgehead atoms. The molecule has 8 aromatic rings. The van der Waals surface area contributed by atoms with Crippen LogP contribution in [0.5, 0.6) is 0 Å². The van der Waals surface area contributed by atoms with Gasteiger partial charge in [0.1, 0.15) is 0 Å². The molecule has 8 aliphatic heterocycles. The summed E-state index contributed by atoms with van der Waals surface area (Å²) < 4.78 is 26.1. The quantitative estimate of drug-likeness (QED) is 0.0653. The molecule has 16 rings (SSSR count). The van der Waals surface area contributed by atoms with Crippen LogP contribution in [0.25, 0.3) is 0 Å². The van der Waals surface area contributed by atoms with Crippen LogP contribution in [0, 0.1) is 12.8 Å². The van der Waals surface area contributed by atoms with Crippen molar-refractivity contribution >= 4 is 51.7 Å². The van der Waals surface area contributed by atoms with E-state index in [4.69, 9.17) is 5.11 Å². The van der Waals surface area contributed by atoms with E-state index in [9.17, 15) is 18.4 Å². The summed E-state index contributed by atoms with van der Waals surface area (Å²) in [7, 11) is 4.01. The van der Waals surface area contributed by atoms with Gasteiger partial charge in [-0.2, -0.15) is 0 Å². The molecular formula is C112H167F2N13O3. The van der Waals surface area contributed by atoms with Crippen LogP contribution in [0.2, 0.25) is 0 Å². The van der Waals surface area contributed by atoms with Crippen LogP contribution in [0.1, 0.15) is 272 Å². The largest absolute Gasteiger partial charge is 0.395 e. The van der Waals surface area contributed by atoms with Gasteiger partial charge in [-0.1, -0.05) is 221 Å². The Morgan fingerprint density at radius 3 is 1.09 bits per heavy atom. The van der Waals surface area contributed by atoms with Crippen molar-refractivity contribution in [3.63, 3.8) is 0 Å². The predicted molar refractivity (Wildman–Crippen MR) is 552 cm³/mol. The highest BCUT2D eigenvalue weighted by Gasteiger charge is 2.34. The Labute approximate surface area is 785 Å². The van der Waals surface area contributed by atoms with Crippen molar-refractivity contribution in [3.8, 4) is 0 Å². The fourth-order valence-corrected chi connectivity index (χ4v) is 17.6. The number of likely N-dealkylation sites (N-methyl/N-ethyl adjacent to an activating group) is 2. The van der Waals surface area contributed by atoms with Gasteiger partial charge in [-0.25, -0.2) is 13.6 Å². The maximum atomic E-state index is 13.0. The molecular weight excluding hydrogens is 1610 g/mol. The molecule has 8 aliphatic rings. The Bertz CT molecular complexity index is 4500. The average molecular weight is 1780 g/mol. The molecule has 3 amide bonds. The zero-order valence-electron chi connectivity index (χ0n) is 83.6. The van der Waals surface area contributed by atoms with Crippen LogP contribution in [-0.4, -0.2) is 209 Å². The lowest BCUT2D eigenvalue weighted by Crippen LogP contribution is -2.47. The SMILES string of the molecule is CC(C)c1ccc(N2CCC(F)(F)CC2)cc1.CC(C)c1ccc(N2CCCNCC2)cc1.CC(C)c1ccc(N2CCN(C)C2)cc1.CC(C)c1ccc(N2CCN(C)C2=O)cc1.CC(C)c1ccc(N2CCN(CCO)CC2)cc1.CC(C)c1ccc(N2CCNC(=O)C2)cc1.CC1CCN(c2ccc(C(C)C)cc2)CC1.Cc1cc(C(C)C)ccc1C1CCNCC1. The Hall–Kier alpha value is -9.04. The highest BCUT2D eigenvalue weighted by Crippen LogP contribution is 2.35. The number of hydrogen-bond acceptors (Lipinski definition) is 13. The van der Waals surface area contributed by atoms with Gasteiger partial charge >= 0.3 is 6.03 Å². The summed E-state index contributed by atoms with van der Waals surface area (Å²) in [5.41, 5.74) is 22.8. The van der Waals surface area contributed by atoms with E-state index in [-0.39, 0.29) is 31.4 Å². The zero-order valence-corrected chi connectivity index (χ0v) is 83.6. The van der Waals surface area contributed by atoms with Crippen molar-refractivity contribution in [1.82, 2.24) is 30.7 Å². The minimum absolute atomic E-state index is 0.0288. The van der Waals surface area contributed by atoms with E-state index in [1.807, 2.05) is 41.1 Å². The number of alkyl halides is 2. The highest BCUT2D eigenvalue weighted by molar-refractivity contribution is 5.94. The van der Waals surface area contributed by atoms with E-state index in [1.165, 1.54) is 144 Å². The summed E-state index contributed by atoms with van der Waals surface area (Å²) in [6, 6.07) is 68.3. The van der Waals surface area contributed by atoms with Gasteiger partial charge in [0.05, 0.1) is 19.8 Å². The van der Waals surface area contributed by atoms with Crippen LogP contribution in [0.15, 0.2) is 188 Å². The maximum Gasteiger partial charge on any atom is 0.324 e. The summed E-state index contributed by atoms with van der Waals surface area (Å²) in [4.78, 5) is 45.3. The third kappa shape index (κ3) is 33.6. The Morgan fingerprint density at radius 1 is 0.369 bits per heavy atom. The van der Waals surface area contributed by atoms with Crippen LogP contribution in [-0.2, 0) is 4.79 Å². The van der Waals surface area contributed by atoms with Gasteiger partial charge in [0.2, 0.25) is 5.91 Å². The lowest BCUT2D eigenvalue weighted by atomic mass is 9.86. The van der Waals surface area contributed by atoms with Crippen molar-refractivity contribution in [2.24, 2.45) is 5.92 Å². The van der Waals surface area contributed by atoms with Gasteiger partial charge in [0, 0.05) is 178 Å². The number of aryl methyl sites for hydroxylation is 1. The summed E-state index contributed by atoms with van der Waals surface area (Å²) in [6.07, 6.45) is 6.45. The van der Waals surface area contributed by atoms with Gasteiger partial charge in [0.15, 0.2) is 0 Å². The molecule has 16 nitrogen and oxygen atoms in total. The van der Waals surface area contributed by atoms with Crippen LogP contribution in [0.3, 0.4) is 0 Å². The first-order valence-corrected chi connectivity index (χ1v) is 49.6. The number of aliphatic hydroxyl groups excluding tert-OH is 1. The first-order valence-electron chi connectivity index (χ1n) is 49.6. The van der Waals surface area contributed by atoms with E-state index < -0.39 is 5.92 Å². The van der Waals surface area contributed by atoms with Gasteiger partial charge in [-0.05, 0) is 265 Å². The number of aliphatic hydroxyl groups is 1. The predicted octanol–water partition coefficient (Wildman–Crippen LogP) is 23.2. The Morgan fingerprint density at radius 2 is 0.723 bits per heavy atom. The van der Waals surface area contributed by atoms with Gasteiger partial charge in [0.25, 0.3) is 5.92 Å². The number of piperazine rings is 2. The third-order valence-corrected chi connectivity index (χ3v) is 27.0. The summed E-state index contributed by atoms with van der Waals surface area (Å²) in [5.74, 6) is 4.05. The van der Waals surface area contributed by atoms with Gasteiger partial charge in [-0.15, -0.1) is 0 Å². The number of carbonyl (C=O) groups is 2. The number of benzene rings is 8. The number of nitrogens with one attached hydrogen (secondary N) is 3. The number of β-amino-alcohol motifs (C(OH)–C–C–N with tert-alkyl or cyclic N) is 1. The van der Waals surface area contributed by atoms with Gasteiger partial charge in [-0.3, -0.25) is 19.5 Å². The number of rotatable bonds is 18. The summed E-state index contributed by atoms with van der Waals surface area (Å²) >= 11 is 0. The van der Waals surface area contributed by atoms with Crippen molar-refractivity contribution in [2.75, 3.05) is 206 Å². The second-order valence-corrected chi connectivity index (χ2v) is 39.8. The first kappa shape index (κ1) is 105. The molecule has 8 fully saturated rings. The van der Waals surface area contributed by atoms with E-state index >= 15 is 0 Å². The first-order chi connectivity index (χ1) is 62.2. The highest BCUT2D eigenvalue weighted by atomic mass is 19.3. The molecule has 0 spiro atoms. The van der Waals surface area contributed by atoms with Crippen molar-refractivity contribution in [3.05, 3.63) is 244 Å². The Kier molecular flexibility index (Phi) is 42.7. The number of urea groups is 1. The molecule has 0 aromatic heterocycles. The van der Waals surface area contributed by atoms with E-state index in [2.05, 4.69) is 346 Å². The molecule has 0 unspecified atom stereocenters. The minimum atomic E-state index is -2.46. The molecule has 712 valence electrons. The third-order valence-electron chi connectivity index (χ3n) is 27.0. The molecule has 8 heterocycles. The van der Waals surface area contributed by atoms with Crippen molar-refractivity contribution < 1.29 is 23.5 Å². The molecule has 0 aliphatic carbocycles. The summed E-state index contributed by atoms with van der Waals surface area (Å²) in [5, 5.41) is 18.6. The minimum Gasteiger partial charge on any atom is -0.395 e. The molecule has 8 saturated heterocycles. The van der Waals surface area contributed by atoms with Gasteiger partial charge < -0.3 is 55.4 Å². The lowest BCUT2D eigenvalue weighted by molar-refractivity contribution is -0.120. The van der Waals surface area contributed by atoms with E-state index in [0.29, 0.717) is 67.0 Å². The van der Waals surface area contributed by atoms with Crippen LogP contribution in [0.4, 0.5) is 53.4 Å². The molecule has 0 saturated carbocycles. The smallest absolute Gasteiger partial charge is 0.324 e.